The number of hydrogen-bond acceptors (Lipinski definition) is 3. The summed E-state index contributed by atoms with van der Waals surface area (Å²) in [5.74, 6) is 0.881. The number of aromatic nitrogens is 2. The van der Waals surface area contributed by atoms with Crippen LogP contribution in [0.4, 0.5) is 5.82 Å². The molecule has 20 heavy (non-hydrogen) atoms. The van der Waals surface area contributed by atoms with Gasteiger partial charge in [-0.1, -0.05) is 36.4 Å². The number of aryl methyl sites for hydroxylation is 1. The molecular weight excluding hydrogens is 246 g/mol. The van der Waals surface area contributed by atoms with Crippen molar-refractivity contribution in [3.63, 3.8) is 0 Å². The van der Waals surface area contributed by atoms with E-state index in [-0.39, 0.29) is 6.04 Å². The SMILES string of the molecule is Cc1ccccc1C(C)Nc1ncnc2ccccc12. The highest BCUT2D eigenvalue weighted by atomic mass is 15.0. The molecule has 3 heteroatoms. The molecule has 3 nitrogen and oxygen atoms in total. The predicted molar refractivity (Wildman–Crippen MR) is 82.8 cm³/mol. The lowest BCUT2D eigenvalue weighted by atomic mass is 10.0. The summed E-state index contributed by atoms with van der Waals surface area (Å²) in [6, 6.07) is 16.7. The number of fused-ring (bicyclic) bond motifs is 1. The van der Waals surface area contributed by atoms with Crippen molar-refractivity contribution in [1.82, 2.24) is 9.97 Å². The molecule has 3 rings (SSSR count). The summed E-state index contributed by atoms with van der Waals surface area (Å²) in [7, 11) is 0. The lowest BCUT2D eigenvalue weighted by Crippen LogP contribution is -2.09. The molecule has 2 aromatic carbocycles. The van der Waals surface area contributed by atoms with Gasteiger partial charge in [0.15, 0.2) is 0 Å². The van der Waals surface area contributed by atoms with Crippen molar-refractivity contribution in [2.45, 2.75) is 19.9 Å². The number of nitrogens with one attached hydrogen (secondary N) is 1. The van der Waals surface area contributed by atoms with Crippen LogP contribution in [0.25, 0.3) is 10.9 Å². The van der Waals surface area contributed by atoms with E-state index in [2.05, 4.69) is 53.4 Å². The summed E-state index contributed by atoms with van der Waals surface area (Å²) in [5.41, 5.74) is 3.53. The van der Waals surface area contributed by atoms with Crippen LogP contribution in [0.15, 0.2) is 54.9 Å². The Labute approximate surface area is 118 Å². The minimum Gasteiger partial charge on any atom is -0.363 e. The highest BCUT2D eigenvalue weighted by molar-refractivity contribution is 5.88. The molecule has 0 fully saturated rings. The zero-order valence-corrected chi connectivity index (χ0v) is 11.7. The molecule has 1 aromatic heterocycles. The fourth-order valence-electron chi connectivity index (χ4n) is 2.48. The predicted octanol–water partition coefficient (Wildman–Crippen LogP) is 4.11. The van der Waals surface area contributed by atoms with Gasteiger partial charge < -0.3 is 5.32 Å². The average molecular weight is 263 g/mol. The van der Waals surface area contributed by atoms with E-state index in [1.165, 1.54) is 11.1 Å². The Balaban J connectivity index is 1.96. The van der Waals surface area contributed by atoms with E-state index in [0.717, 1.165) is 16.7 Å². The summed E-state index contributed by atoms with van der Waals surface area (Å²) in [4.78, 5) is 8.67. The Hall–Kier alpha value is -2.42. The topological polar surface area (TPSA) is 37.8 Å². The number of hydrogen-bond donors (Lipinski definition) is 1. The van der Waals surface area contributed by atoms with Crippen LogP contribution < -0.4 is 5.32 Å². The Morgan fingerprint density at radius 2 is 1.70 bits per heavy atom. The second kappa shape index (κ2) is 5.29. The zero-order chi connectivity index (χ0) is 13.9. The van der Waals surface area contributed by atoms with E-state index in [4.69, 9.17) is 0 Å². The number of nitrogens with zero attached hydrogens (tertiary/aromatic N) is 2. The lowest BCUT2D eigenvalue weighted by Gasteiger charge is -2.18. The second-order valence-electron chi connectivity index (χ2n) is 4.96. The van der Waals surface area contributed by atoms with Crippen molar-refractivity contribution in [1.29, 1.82) is 0 Å². The van der Waals surface area contributed by atoms with E-state index in [9.17, 15) is 0 Å². The van der Waals surface area contributed by atoms with Crippen LogP contribution in [-0.4, -0.2) is 9.97 Å². The van der Waals surface area contributed by atoms with Gasteiger partial charge in [-0.15, -0.1) is 0 Å². The molecule has 0 saturated carbocycles. The fraction of sp³-hybridized carbons (Fsp3) is 0.176. The summed E-state index contributed by atoms with van der Waals surface area (Å²) in [6.07, 6.45) is 1.61. The molecule has 1 N–H and O–H groups in total. The molecule has 1 heterocycles. The first-order valence-corrected chi connectivity index (χ1v) is 6.77. The van der Waals surface area contributed by atoms with Gasteiger partial charge in [0, 0.05) is 5.39 Å². The van der Waals surface area contributed by atoms with Crippen LogP contribution in [0.5, 0.6) is 0 Å². The molecular formula is C17H17N3. The Morgan fingerprint density at radius 3 is 2.55 bits per heavy atom. The highest BCUT2D eigenvalue weighted by Gasteiger charge is 2.10. The van der Waals surface area contributed by atoms with Crippen LogP contribution in [-0.2, 0) is 0 Å². The number of benzene rings is 2. The van der Waals surface area contributed by atoms with Crippen molar-refractivity contribution >= 4 is 16.7 Å². The third kappa shape index (κ3) is 2.35. The second-order valence-corrected chi connectivity index (χ2v) is 4.96. The molecule has 3 aromatic rings. The number of rotatable bonds is 3. The molecule has 1 atom stereocenters. The third-order valence-corrected chi connectivity index (χ3v) is 3.55. The van der Waals surface area contributed by atoms with Crippen LogP contribution in [0, 0.1) is 6.92 Å². The van der Waals surface area contributed by atoms with Gasteiger partial charge in [-0.25, -0.2) is 9.97 Å². The number of para-hydroxylation sites is 1. The van der Waals surface area contributed by atoms with E-state index >= 15 is 0 Å². The number of anilines is 1. The van der Waals surface area contributed by atoms with E-state index in [1.807, 2.05) is 24.3 Å². The standard InChI is InChI=1S/C17H17N3/c1-12-7-3-4-8-14(12)13(2)20-17-15-9-5-6-10-16(15)18-11-19-17/h3-11,13H,1-2H3,(H,18,19,20). The normalized spacial score (nSPS) is 12.3. The summed E-state index contributed by atoms with van der Waals surface area (Å²) < 4.78 is 0. The van der Waals surface area contributed by atoms with Gasteiger partial charge in [0.1, 0.15) is 12.1 Å². The van der Waals surface area contributed by atoms with Gasteiger partial charge >= 0.3 is 0 Å². The molecule has 0 aliphatic rings. The molecule has 0 radical (unpaired) electrons. The summed E-state index contributed by atoms with van der Waals surface area (Å²) >= 11 is 0. The van der Waals surface area contributed by atoms with Crippen LogP contribution in [0.2, 0.25) is 0 Å². The minimum absolute atomic E-state index is 0.203. The fourth-order valence-corrected chi connectivity index (χ4v) is 2.48. The molecule has 1 unspecified atom stereocenters. The summed E-state index contributed by atoms with van der Waals surface area (Å²) in [6.45, 7) is 4.28. The zero-order valence-electron chi connectivity index (χ0n) is 11.7. The van der Waals surface area contributed by atoms with E-state index < -0.39 is 0 Å². The summed E-state index contributed by atoms with van der Waals surface area (Å²) in [5, 5.41) is 4.54. The Kier molecular flexibility index (Phi) is 3.33. The molecule has 0 aliphatic heterocycles. The van der Waals surface area contributed by atoms with Crippen molar-refractivity contribution in [3.05, 3.63) is 66.0 Å². The van der Waals surface area contributed by atoms with E-state index in [1.54, 1.807) is 6.33 Å². The maximum atomic E-state index is 4.38. The van der Waals surface area contributed by atoms with Crippen LogP contribution in [0.1, 0.15) is 24.1 Å². The van der Waals surface area contributed by atoms with E-state index in [0.29, 0.717) is 0 Å². The maximum absolute atomic E-state index is 4.38. The molecule has 0 aliphatic carbocycles. The van der Waals surface area contributed by atoms with Crippen molar-refractivity contribution in [2.75, 3.05) is 5.32 Å². The maximum Gasteiger partial charge on any atom is 0.137 e. The molecule has 0 saturated heterocycles. The molecule has 0 bridgehead atoms. The molecule has 0 spiro atoms. The lowest BCUT2D eigenvalue weighted by molar-refractivity contribution is 0.866. The van der Waals surface area contributed by atoms with Gasteiger partial charge in [0.25, 0.3) is 0 Å². The van der Waals surface area contributed by atoms with Crippen LogP contribution in [0.3, 0.4) is 0 Å². The van der Waals surface area contributed by atoms with Crippen molar-refractivity contribution in [3.8, 4) is 0 Å². The Morgan fingerprint density at radius 1 is 0.950 bits per heavy atom. The Bertz CT molecular complexity index is 732. The monoisotopic (exact) mass is 263 g/mol. The third-order valence-electron chi connectivity index (χ3n) is 3.55. The average Bonchev–Trinajstić information content (AvgIpc) is 2.48. The minimum atomic E-state index is 0.203. The van der Waals surface area contributed by atoms with Crippen molar-refractivity contribution < 1.29 is 0 Å². The van der Waals surface area contributed by atoms with Gasteiger partial charge in [-0.3, -0.25) is 0 Å². The van der Waals surface area contributed by atoms with Gasteiger partial charge in [0.05, 0.1) is 11.6 Å². The highest BCUT2D eigenvalue weighted by Crippen LogP contribution is 2.25. The molecule has 0 amide bonds. The first-order chi connectivity index (χ1) is 9.75. The quantitative estimate of drug-likeness (QED) is 0.772. The van der Waals surface area contributed by atoms with Gasteiger partial charge in [0.2, 0.25) is 0 Å². The first kappa shape index (κ1) is 12.6. The van der Waals surface area contributed by atoms with Crippen molar-refractivity contribution in [2.24, 2.45) is 0 Å². The largest absolute Gasteiger partial charge is 0.363 e. The van der Waals surface area contributed by atoms with Crippen LogP contribution >= 0.6 is 0 Å². The van der Waals surface area contributed by atoms with Gasteiger partial charge in [-0.05, 0) is 37.1 Å². The first-order valence-electron chi connectivity index (χ1n) is 6.77. The van der Waals surface area contributed by atoms with Gasteiger partial charge in [-0.2, -0.15) is 0 Å². The smallest absolute Gasteiger partial charge is 0.137 e. The molecule has 100 valence electrons.